The maximum Gasteiger partial charge on any atom is 0.268 e. The van der Waals surface area contributed by atoms with Crippen LogP contribution in [0.15, 0.2) is 72.0 Å². The van der Waals surface area contributed by atoms with Crippen molar-refractivity contribution in [2.24, 2.45) is 0 Å². The molecule has 5 nitrogen and oxygen atoms in total. The van der Waals surface area contributed by atoms with E-state index in [1.54, 1.807) is 36.8 Å². The Morgan fingerprint density at radius 3 is 2.83 bits per heavy atom. The van der Waals surface area contributed by atoms with Crippen molar-refractivity contribution in [1.82, 2.24) is 14.3 Å². The Balaban J connectivity index is 1.79. The summed E-state index contributed by atoms with van der Waals surface area (Å²) < 4.78 is 42.6. The standard InChI is InChI=1S/C22H18FN3O2S/c23-17-4-5-21-19(12-17)20(15-6-9-24-10-7-15)14-26(21)29(27,28)22-3-1-2-16-13-25-11-8-18(16)22/h1-6,8,11-14,24H,7,9-10H2. The number of pyridine rings is 1. The van der Waals surface area contributed by atoms with Crippen LogP contribution in [-0.4, -0.2) is 30.5 Å². The SMILES string of the molecule is O=S(=O)(c1cccc2cnccc12)n1cc(C2=CCNCC2)c2cc(F)ccc21. The van der Waals surface area contributed by atoms with Gasteiger partial charge in [0, 0.05) is 46.9 Å². The number of hydrogen-bond donors (Lipinski definition) is 1. The zero-order valence-corrected chi connectivity index (χ0v) is 16.3. The minimum Gasteiger partial charge on any atom is -0.313 e. The molecule has 0 bridgehead atoms. The highest BCUT2D eigenvalue weighted by Crippen LogP contribution is 2.34. The molecule has 1 aliphatic heterocycles. The van der Waals surface area contributed by atoms with Crippen molar-refractivity contribution >= 4 is 37.3 Å². The highest BCUT2D eigenvalue weighted by Gasteiger charge is 2.24. The van der Waals surface area contributed by atoms with E-state index in [1.807, 2.05) is 12.1 Å². The van der Waals surface area contributed by atoms with E-state index in [1.165, 1.54) is 22.2 Å². The van der Waals surface area contributed by atoms with E-state index in [-0.39, 0.29) is 10.7 Å². The summed E-state index contributed by atoms with van der Waals surface area (Å²) in [6, 6.07) is 11.1. The number of aromatic nitrogens is 2. The lowest BCUT2D eigenvalue weighted by Crippen LogP contribution is -2.20. The number of nitrogens with one attached hydrogen (secondary N) is 1. The maximum absolute atomic E-state index is 14.0. The number of hydrogen-bond acceptors (Lipinski definition) is 4. The molecule has 1 aliphatic rings. The van der Waals surface area contributed by atoms with E-state index in [9.17, 15) is 12.8 Å². The number of nitrogens with zero attached hydrogens (tertiary/aromatic N) is 2. The van der Waals surface area contributed by atoms with E-state index in [0.29, 0.717) is 22.8 Å². The lowest BCUT2D eigenvalue weighted by atomic mass is 10.00. The molecule has 0 saturated carbocycles. The lowest BCUT2D eigenvalue weighted by Gasteiger charge is -2.13. The summed E-state index contributed by atoms with van der Waals surface area (Å²) in [7, 11) is -3.90. The first-order valence-corrected chi connectivity index (χ1v) is 10.8. The van der Waals surface area contributed by atoms with E-state index in [2.05, 4.69) is 10.3 Å². The summed E-state index contributed by atoms with van der Waals surface area (Å²) in [6.45, 7) is 1.51. The molecule has 0 aliphatic carbocycles. The molecule has 0 atom stereocenters. The smallest absolute Gasteiger partial charge is 0.268 e. The van der Waals surface area contributed by atoms with Crippen LogP contribution in [0.1, 0.15) is 12.0 Å². The van der Waals surface area contributed by atoms with Gasteiger partial charge in [-0.1, -0.05) is 18.2 Å². The Morgan fingerprint density at radius 2 is 2.00 bits per heavy atom. The van der Waals surface area contributed by atoms with Crippen molar-refractivity contribution in [3.63, 3.8) is 0 Å². The molecule has 146 valence electrons. The van der Waals surface area contributed by atoms with Crippen LogP contribution in [0.25, 0.3) is 27.2 Å². The molecule has 0 unspecified atom stereocenters. The molecule has 2 aromatic carbocycles. The average molecular weight is 407 g/mol. The van der Waals surface area contributed by atoms with Crippen LogP contribution in [-0.2, 0) is 10.0 Å². The largest absolute Gasteiger partial charge is 0.313 e. The van der Waals surface area contributed by atoms with Crippen LogP contribution in [0.3, 0.4) is 0 Å². The molecule has 4 aromatic rings. The zero-order valence-electron chi connectivity index (χ0n) is 15.5. The van der Waals surface area contributed by atoms with Crippen molar-refractivity contribution in [2.75, 3.05) is 13.1 Å². The molecule has 3 heterocycles. The first-order chi connectivity index (χ1) is 14.1. The predicted octanol–water partition coefficient (Wildman–Crippen LogP) is 3.94. The minimum atomic E-state index is -3.90. The highest BCUT2D eigenvalue weighted by atomic mass is 32.2. The second-order valence-electron chi connectivity index (χ2n) is 7.04. The van der Waals surface area contributed by atoms with Crippen molar-refractivity contribution in [2.45, 2.75) is 11.3 Å². The topological polar surface area (TPSA) is 64.0 Å². The van der Waals surface area contributed by atoms with Gasteiger partial charge in [0.05, 0.1) is 10.4 Å². The minimum absolute atomic E-state index is 0.199. The normalized spacial score (nSPS) is 15.0. The molecule has 0 amide bonds. The van der Waals surface area contributed by atoms with Gasteiger partial charge in [-0.2, -0.15) is 0 Å². The number of halogens is 1. The van der Waals surface area contributed by atoms with Gasteiger partial charge in [-0.05, 0) is 48.9 Å². The van der Waals surface area contributed by atoms with Crippen molar-refractivity contribution in [3.8, 4) is 0 Å². The number of fused-ring (bicyclic) bond motifs is 2. The van der Waals surface area contributed by atoms with Crippen LogP contribution in [0.4, 0.5) is 4.39 Å². The zero-order chi connectivity index (χ0) is 20.0. The lowest BCUT2D eigenvalue weighted by molar-refractivity contribution is 0.590. The fourth-order valence-corrected chi connectivity index (χ4v) is 5.51. The molecule has 1 N–H and O–H groups in total. The van der Waals surface area contributed by atoms with Gasteiger partial charge in [-0.3, -0.25) is 4.98 Å². The van der Waals surface area contributed by atoms with Gasteiger partial charge in [0.2, 0.25) is 0 Å². The summed E-state index contributed by atoms with van der Waals surface area (Å²) in [5.41, 5.74) is 2.24. The van der Waals surface area contributed by atoms with Crippen LogP contribution < -0.4 is 5.32 Å². The fourth-order valence-electron chi connectivity index (χ4n) is 3.92. The molecular weight excluding hydrogens is 389 g/mol. The van der Waals surface area contributed by atoms with E-state index >= 15 is 0 Å². The molecule has 0 saturated heterocycles. The van der Waals surface area contributed by atoms with Gasteiger partial charge in [0.15, 0.2) is 0 Å². The van der Waals surface area contributed by atoms with Crippen molar-refractivity contribution in [3.05, 3.63) is 78.5 Å². The molecule has 7 heteroatoms. The van der Waals surface area contributed by atoms with Crippen LogP contribution >= 0.6 is 0 Å². The van der Waals surface area contributed by atoms with Gasteiger partial charge < -0.3 is 5.32 Å². The van der Waals surface area contributed by atoms with Crippen LogP contribution in [0.2, 0.25) is 0 Å². The molecule has 0 fully saturated rings. The van der Waals surface area contributed by atoms with Gasteiger partial charge >= 0.3 is 0 Å². The number of benzene rings is 2. The van der Waals surface area contributed by atoms with Crippen molar-refractivity contribution in [1.29, 1.82) is 0 Å². The third-order valence-electron chi connectivity index (χ3n) is 5.32. The molecule has 2 aromatic heterocycles. The van der Waals surface area contributed by atoms with E-state index in [4.69, 9.17) is 0 Å². The second-order valence-corrected chi connectivity index (χ2v) is 8.82. The van der Waals surface area contributed by atoms with E-state index < -0.39 is 10.0 Å². The van der Waals surface area contributed by atoms with Gasteiger partial charge in [0.25, 0.3) is 10.0 Å². The fraction of sp³-hybridized carbons (Fsp3) is 0.136. The van der Waals surface area contributed by atoms with Gasteiger partial charge in [-0.15, -0.1) is 0 Å². The first kappa shape index (κ1) is 18.0. The number of rotatable bonds is 3. The Bertz CT molecular complexity index is 1380. The third-order valence-corrected chi connectivity index (χ3v) is 7.05. The molecule has 0 radical (unpaired) electrons. The predicted molar refractivity (Wildman–Crippen MR) is 112 cm³/mol. The average Bonchev–Trinajstić information content (AvgIpc) is 3.13. The molecular formula is C22H18FN3O2S. The molecule has 0 spiro atoms. The Labute approximate surface area is 167 Å². The first-order valence-electron chi connectivity index (χ1n) is 9.35. The molecule has 5 rings (SSSR count). The quantitative estimate of drug-likeness (QED) is 0.559. The van der Waals surface area contributed by atoms with Crippen LogP contribution in [0, 0.1) is 5.82 Å². The van der Waals surface area contributed by atoms with E-state index in [0.717, 1.165) is 29.5 Å². The Kier molecular flexibility index (Phi) is 4.22. The summed E-state index contributed by atoms with van der Waals surface area (Å²) in [5, 5.41) is 5.20. The van der Waals surface area contributed by atoms with Gasteiger partial charge in [0.1, 0.15) is 5.82 Å². The maximum atomic E-state index is 14.0. The summed E-state index contributed by atoms with van der Waals surface area (Å²) in [5.74, 6) is -0.389. The third kappa shape index (κ3) is 2.94. The van der Waals surface area contributed by atoms with Crippen molar-refractivity contribution < 1.29 is 12.8 Å². The summed E-state index contributed by atoms with van der Waals surface area (Å²) >= 11 is 0. The molecule has 29 heavy (non-hydrogen) atoms. The second kappa shape index (κ2) is 6.79. The van der Waals surface area contributed by atoms with Crippen LogP contribution in [0.5, 0.6) is 0 Å². The Morgan fingerprint density at radius 1 is 1.10 bits per heavy atom. The monoisotopic (exact) mass is 407 g/mol. The summed E-state index contributed by atoms with van der Waals surface area (Å²) in [6.07, 6.45) is 7.63. The highest BCUT2D eigenvalue weighted by molar-refractivity contribution is 7.90. The van der Waals surface area contributed by atoms with Gasteiger partial charge in [-0.25, -0.2) is 16.8 Å². The summed E-state index contributed by atoms with van der Waals surface area (Å²) in [4.78, 5) is 4.28. The Hall–Kier alpha value is -3.03.